The van der Waals surface area contributed by atoms with Crippen LogP contribution in [0.4, 0.5) is 0 Å². The molecule has 0 bridgehead atoms. The minimum atomic E-state index is -0.984. The van der Waals surface area contributed by atoms with Crippen LogP contribution in [0.15, 0.2) is 11.6 Å². The fraction of sp³-hybridized carbons (Fsp3) is 0.500. The minimum Gasteiger partial charge on any atom is -0.481 e. The van der Waals surface area contributed by atoms with Crippen molar-refractivity contribution in [2.45, 2.75) is 20.3 Å². The second-order valence-electron chi connectivity index (χ2n) is 3.52. The topological polar surface area (TPSA) is 74.7 Å². The number of aliphatic carboxylic acids is 1. The van der Waals surface area contributed by atoms with Crippen molar-refractivity contribution in [3.63, 3.8) is 0 Å². The highest BCUT2D eigenvalue weighted by Crippen LogP contribution is 2.15. The van der Waals surface area contributed by atoms with Crippen LogP contribution in [-0.4, -0.2) is 34.3 Å². The zero-order valence-corrected chi connectivity index (χ0v) is 8.69. The van der Waals surface area contributed by atoms with Gasteiger partial charge < -0.3 is 5.11 Å². The van der Waals surface area contributed by atoms with Crippen LogP contribution in [0.5, 0.6) is 0 Å². The monoisotopic (exact) mass is 211 g/mol. The molecule has 1 N–H and O–H groups in total. The molecule has 1 unspecified atom stereocenters. The summed E-state index contributed by atoms with van der Waals surface area (Å²) in [5, 5.41) is 8.81. The van der Waals surface area contributed by atoms with E-state index in [2.05, 4.69) is 0 Å². The van der Waals surface area contributed by atoms with Crippen LogP contribution in [0.3, 0.4) is 0 Å². The third kappa shape index (κ3) is 2.23. The van der Waals surface area contributed by atoms with Crippen molar-refractivity contribution in [2.75, 3.05) is 6.54 Å². The van der Waals surface area contributed by atoms with Crippen molar-refractivity contribution in [1.29, 1.82) is 0 Å². The van der Waals surface area contributed by atoms with Crippen LogP contribution in [0.1, 0.15) is 20.3 Å². The molecule has 82 valence electrons. The van der Waals surface area contributed by atoms with Gasteiger partial charge in [0.1, 0.15) is 0 Å². The normalized spacial score (nSPS) is 18.0. The summed E-state index contributed by atoms with van der Waals surface area (Å²) in [4.78, 5) is 34.5. The summed E-state index contributed by atoms with van der Waals surface area (Å²) >= 11 is 0. The van der Waals surface area contributed by atoms with Gasteiger partial charge >= 0.3 is 5.97 Å². The first-order chi connectivity index (χ1) is 6.97. The van der Waals surface area contributed by atoms with Gasteiger partial charge in [-0.05, 0) is 13.3 Å². The molecular weight excluding hydrogens is 198 g/mol. The van der Waals surface area contributed by atoms with Gasteiger partial charge in [-0.1, -0.05) is 6.92 Å². The molecule has 15 heavy (non-hydrogen) atoms. The first-order valence-corrected chi connectivity index (χ1v) is 4.74. The van der Waals surface area contributed by atoms with Crippen molar-refractivity contribution >= 4 is 17.8 Å². The average Bonchev–Trinajstić information content (AvgIpc) is 2.39. The van der Waals surface area contributed by atoms with Crippen molar-refractivity contribution in [2.24, 2.45) is 5.92 Å². The Morgan fingerprint density at radius 3 is 2.47 bits per heavy atom. The number of carboxylic acid groups (broad SMARTS) is 1. The summed E-state index contributed by atoms with van der Waals surface area (Å²) in [6.45, 7) is 3.21. The Hall–Kier alpha value is -1.65. The Labute approximate surface area is 87.4 Å². The number of imide groups is 1. The largest absolute Gasteiger partial charge is 0.481 e. The van der Waals surface area contributed by atoms with Crippen LogP contribution < -0.4 is 0 Å². The molecule has 1 aliphatic rings. The smallest absolute Gasteiger partial charge is 0.308 e. The number of carbonyl (C=O) groups excluding carboxylic acids is 2. The van der Waals surface area contributed by atoms with E-state index < -0.39 is 17.8 Å². The zero-order chi connectivity index (χ0) is 11.6. The highest BCUT2D eigenvalue weighted by atomic mass is 16.4. The number of nitrogens with zero attached hydrogens (tertiary/aromatic N) is 1. The molecule has 0 aromatic rings. The van der Waals surface area contributed by atoms with E-state index in [1.54, 1.807) is 13.8 Å². The highest BCUT2D eigenvalue weighted by molar-refractivity contribution is 6.16. The molecule has 1 atom stereocenters. The molecule has 0 radical (unpaired) electrons. The van der Waals surface area contributed by atoms with E-state index >= 15 is 0 Å². The maximum Gasteiger partial charge on any atom is 0.308 e. The van der Waals surface area contributed by atoms with E-state index in [1.165, 1.54) is 6.08 Å². The number of carboxylic acids is 1. The van der Waals surface area contributed by atoms with Gasteiger partial charge in [0, 0.05) is 18.2 Å². The lowest BCUT2D eigenvalue weighted by atomic mass is 10.1. The summed E-state index contributed by atoms with van der Waals surface area (Å²) in [7, 11) is 0. The summed E-state index contributed by atoms with van der Waals surface area (Å²) < 4.78 is 0. The van der Waals surface area contributed by atoms with Gasteiger partial charge in [-0.25, -0.2) is 0 Å². The Bertz CT molecular complexity index is 345. The van der Waals surface area contributed by atoms with E-state index in [0.29, 0.717) is 12.0 Å². The molecule has 0 saturated heterocycles. The predicted octanol–water partition coefficient (Wildman–Crippen LogP) is 0.412. The fourth-order valence-corrected chi connectivity index (χ4v) is 1.41. The van der Waals surface area contributed by atoms with Gasteiger partial charge in [0.05, 0.1) is 5.92 Å². The molecule has 0 aromatic carbocycles. The number of carbonyl (C=O) groups is 3. The highest BCUT2D eigenvalue weighted by Gasteiger charge is 2.31. The van der Waals surface area contributed by atoms with Crippen LogP contribution in [0, 0.1) is 5.92 Å². The lowest BCUT2D eigenvalue weighted by molar-refractivity contribution is -0.145. The second-order valence-corrected chi connectivity index (χ2v) is 3.52. The van der Waals surface area contributed by atoms with E-state index in [-0.39, 0.29) is 12.5 Å². The van der Waals surface area contributed by atoms with Gasteiger partial charge in [-0.3, -0.25) is 19.3 Å². The van der Waals surface area contributed by atoms with Gasteiger partial charge in [0.15, 0.2) is 0 Å². The molecule has 0 fully saturated rings. The van der Waals surface area contributed by atoms with Crippen molar-refractivity contribution in [3.8, 4) is 0 Å². The van der Waals surface area contributed by atoms with Gasteiger partial charge in [0.2, 0.25) is 0 Å². The summed E-state index contributed by atoms with van der Waals surface area (Å²) in [6.07, 6.45) is 1.63. The minimum absolute atomic E-state index is 0.0443. The molecule has 1 rings (SSSR count). The van der Waals surface area contributed by atoms with Crippen LogP contribution in [-0.2, 0) is 14.4 Å². The maximum atomic E-state index is 11.4. The molecule has 5 heteroatoms. The number of amides is 2. The van der Waals surface area contributed by atoms with Gasteiger partial charge in [0.25, 0.3) is 11.8 Å². The molecule has 5 nitrogen and oxygen atoms in total. The Morgan fingerprint density at radius 1 is 1.53 bits per heavy atom. The third-order valence-electron chi connectivity index (χ3n) is 2.43. The quantitative estimate of drug-likeness (QED) is 0.683. The lowest BCUT2D eigenvalue weighted by Crippen LogP contribution is -2.37. The third-order valence-corrected chi connectivity index (χ3v) is 2.43. The molecule has 1 heterocycles. The first-order valence-electron chi connectivity index (χ1n) is 4.74. The Morgan fingerprint density at radius 2 is 2.13 bits per heavy atom. The van der Waals surface area contributed by atoms with E-state index in [9.17, 15) is 14.4 Å². The van der Waals surface area contributed by atoms with Gasteiger partial charge in [-0.15, -0.1) is 0 Å². The first kappa shape index (κ1) is 11.4. The second kappa shape index (κ2) is 4.25. The number of rotatable bonds is 4. The molecule has 0 spiro atoms. The van der Waals surface area contributed by atoms with E-state index in [4.69, 9.17) is 5.11 Å². The molecular formula is C10H13NO4. The SMILES string of the molecule is CCC(CN1C(=O)C=C(C)C1=O)C(=O)O. The van der Waals surface area contributed by atoms with E-state index in [1.807, 2.05) is 0 Å². The summed E-state index contributed by atoms with van der Waals surface area (Å²) in [5.41, 5.74) is 0.361. The van der Waals surface area contributed by atoms with Crippen molar-refractivity contribution < 1.29 is 19.5 Å². The van der Waals surface area contributed by atoms with Crippen LogP contribution in [0.2, 0.25) is 0 Å². The predicted molar refractivity (Wildman–Crippen MR) is 51.9 cm³/mol. The Balaban J connectivity index is 2.72. The lowest BCUT2D eigenvalue weighted by Gasteiger charge is -2.18. The van der Waals surface area contributed by atoms with Gasteiger partial charge in [-0.2, -0.15) is 0 Å². The molecule has 1 aliphatic heterocycles. The molecule has 0 aromatic heterocycles. The Kier molecular flexibility index (Phi) is 3.24. The molecule has 0 saturated carbocycles. The number of hydrogen-bond acceptors (Lipinski definition) is 3. The summed E-state index contributed by atoms with van der Waals surface area (Å²) in [5.74, 6) is -2.48. The van der Waals surface area contributed by atoms with Crippen molar-refractivity contribution in [3.05, 3.63) is 11.6 Å². The zero-order valence-electron chi connectivity index (χ0n) is 8.69. The average molecular weight is 211 g/mol. The van der Waals surface area contributed by atoms with Crippen LogP contribution in [0.25, 0.3) is 0 Å². The summed E-state index contributed by atoms with van der Waals surface area (Å²) in [6, 6.07) is 0. The molecule has 2 amide bonds. The maximum absolute atomic E-state index is 11.4. The fourth-order valence-electron chi connectivity index (χ4n) is 1.41. The van der Waals surface area contributed by atoms with Crippen molar-refractivity contribution in [1.82, 2.24) is 4.90 Å². The standard InChI is InChI=1S/C10H13NO4/c1-3-7(10(14)15)5-11-8(12)4-6(2)9(11)13/h4,7H,3,5H2,1-2H3,(H,14,15). The van der Waals surface area contributed by atoms with Crippen LogP contribution >= 0.6 is 0 Å². The molecule has 0 aliphatic carbocycles. The van der Waals surface area contributed by atoms with E-state index in [0.717, 1.165) is 4.90 Å². The number of hydrogen-bond donors (Lipinski definition) is 1.